The summed E-state index contributed by atoms with van der Waals surface area (Å²) in [4.78, 5) is 0. The summed E-state index contributed by atoms with van der Waals surface area (Å²) < 4.78 is 5.02. The number of methoxy groups -OCH3 is 1. The Morgan fingerprint density at radius 3 is 2.67 bits per heavy atom. The van der Waals surface area contributed by atoms with E-state index in [1.165, 1.54) is 0 Å². The molecule has 1 nitrogen and oxygen atoms in total. The number of rotatable bonds is 2. The molecule has 0 saturated carbocycles. The van der Waals surface area contributed by atoms with Crippen LogP contribution >= 0.6 is 11.6 Å². The van der Waals surface area contributed by atoms with Gasteiger partial charge < -0.3 is 4.74 Å². The molecule has 0 saturated heterocycles. The molecule has 12 heavy (non-hydrogen) atoms. The predicted octanol–water partition coefficient (Wildman–Crippen LogP) is 3.38. The molecule has 0 radical (unpaired) electrons. The van der Waals surface area contributed by atoms with Crippen LogP contribution in [0.2, 0.25) is 5.02 Å². The minimum absolute atomic E-state index is 0.646. The third kappa shape index (κ3) is 2.02. The molecule has 0 unspecified atom stereocenters. The Kier molecular flexibility index (Phi) is 3.18. The van der Waals surface area contributed by atoms with Gasteiger partial charge in [0.05, 0.1) is 12.1 Å². The SMILES string of the molecule is C/C=C/c1ccc(OC)c(Cl)c1. The Bertz CT molecular complexity index is 292. The van der Waals surface area contributed by atoms with Gasteiger partial charge in [-0.1, -0.05) is 29.8 Å². The van der Waals surface area contributed by atoms with Crippen LogP contribution in [0, 0.1) is 0 Å². The lowest BCUT2D eigenvalue weighted by Crippen LogP contribution is -1.83. The quantitative estimate of drug-likeness (QED) is 0.682. The first kappa shape index (κ1) is 9.14. The highest BCUT2D eigenvalue weighted by atomic mass is 35.5. The van der Waals surface area contributed by atoms with Gasteiger partial charge in [0, 0.05) is 0 Å². The number of hydrogen-bond donors (Lipinski definition) is 0. The summed E-state index contributed by atoms with van der Waals surface area (Å²) in [5.41, 5.74) is 1.09. The maximum atomic E-state index is 5.91. The van der Waals surface area contributed by atoms with E-state index in [1.54, 1.807) is 7.11 Å². The van der Waals surface area contributed by atoms with E-state index in [9.17, 15) is 0 Å². The fraction of sp³-hybridized carbons (Fsp3) is 0.200. The van der Waals surface area contributed by atoms with Crippen LogP contribution in [0.5, 0.6) is 5.75 Å². The van der Waals surface area contributed by atoms with Crippen molar-refractivity contribution in [3.8, 4) is 5.75 Å². The van der Waals surface area contributed by atoms with E-state index in [0.717, 1.165) is 5.56 Å². The van der Waals surface area contributed by atoms with Crippen LogP contribution in [0.25, 0.3) is 6.08 Å². The normalized spacial score (nSPS) is 10.6. The Morgan fingerprint density at radius 1 is 1.42 bits per heavy atom. The second kappa shape index (κ2) is 4.17. The molecule has 1 aromatic rings. The molecule has 0 aromatic heterocycles. The third-order valence-corrected chi connectivity index (χ3v) is 1.83. The molecular weight excluding hydrogens is 172 g/mol. The van der Waals surface area contributed by atoms with Crippen molar-refractivity contribution in [3.63, 3.8) is 0 Å². The van der Waals surface area contributed by atoms with Crippen molar-refractivity contribution in [1.82, 2.24) is 0 Å². The topological polar surface area (TPSA) is 9.23 Å². The predicted molar refractivity (Wildman–Crippen MR) is 52.7 cm³/mol. The van der Waals surface area contributed by atoms with Crippen molar-refractivity contribution in [3.05, 3.63) is 34.9 Å². The van der Waals surface area contributed by atoms with Gasteiger partial charge in [0.15, 0.2) is 0 Å². The van der Waals surface area contributed by atoms with Crippen LogP contribution in [0.4, 0.5) is 0 Å². The van der Waals surface area contributed by atoms with E-state index < -0.39 is 0 Å². The lowest BCUT2D eigenvalue weighted by Gasteiger charge is -2.02. The number of halogens is 1. The first-order chi connectivity index (χ1) is 5.77. The van der Waals surface area contributed by atoms with E-state index in [-0.39, 0.29) is 0 Å². The molecule has 0 fully saturated rings. The van der Waals surface area contributed by atoms with Gasteiger partial charge in [0.25, 0.3) is 0 Å². The van der Waals surface area contributed by atoms with Gasteiger partial charge in [-0.25, -0.2) is 0 Å². The Labute approximate surface area is 77.6 Å². The van der Waals surface area contributed by atoms with Crippen molar-refractivity contribution >= 4 is 17.7 Å². The molecule has 1 rings (SSSR count). The summed E-state index contributed by atoms with van der Waals surface area (Å²) in [6.07, 6.45) is 3.96. The zero-order valence-corrected chi connectivity index (χ0v) is 7.93. The fourth-order valence-corrected chi connectivity index (χ4v) is 1.24. The molecule has 0 bridgehead atoms. The Balaban J connectivity index is 3.01. The van der Waals surface area contributed by atoms with Gasteiger partial charge in [-0.05, 0) is 24.6 Å². The van der Waals surface area contributed by atoms with Crippen molar-refractivity contribution in [2.24, 2.45) is 0 Å². The van der Waals surface area contributed by atoms with E-state index in [2.05, 4.69) is 0 Å². The first-order valence-corrected chi connectivity index (χ1v) is 4.12. The molecule has 0 N–H and O–H groups in total. The van der Waals surface area contributed by atoms with Crippen LogP contribution in [-0.4, -0.2) is 7.11 Å². The smallest absolute Gasteiger partial charge is 0.137 e. The van der Waals surface area contributed by atoms with E-state index in [0.29, 0.717) is 10.8 Å². The molecule has 0 aliphatic heterocycles. The highest BCUT2D eigenvalue weighted by molar-refractivity contribution is 6.32. The van der Waals surface area contributed by atoms with Crippen molar-refractivity contribution < 1.29 is 4.74 Å². The largest absolute Gasteiger partial charge is 0.495 e. The number of hydrogen-bond acceptors (Lipinski definition) is 1. The zero-order chi connectivity index (χ0) is 8.97. The minimum atomic E-state index is 0.646. The van der Waals surface area contributed by atoms with Crippen molar-refractivity contribution in [2.45, 2.75) is 6.92 Å². The number of ether oxygens (including phenoxy) is 1. The standard InChI is InChI=1S/C10H11ClO/c1-3-4-8-5-6-10(12-2)9(11)7-8/h3-7H,1-2H3/b4-3+. The van der Waals surface area contributed by atoms with E-state index in [1.807, 2.05) is 37.3 Å². The maximum absolute atomic E-state index is 5.91. The van der Waals surface area contributed by atoms with Gasteiger partial charge in [-0.2, -0.15) is 0 Å². The van der Waals surface area contributed by atoms with Gasteiger partial charge in [0.1, 0.15) is 5.75 Å². The average molecular weight is 183 g/mol. The lowest BCUT2D eigenvalue weighted by atomic mass is 10.2. The summed E-state index contributed by atoms with van der Waals surface area (Å²) in [5.74, 6) is 0.713. The molecule has 0 aliphatic carbocycles. The first-order valence-electron chi connectivity index (χ1n) is 3.74. The third-order valence-electron chi connectivity index (χ3n) is 1.53. The lowest BCUT2D eigenvalue weighted by molar-refractivity contribution is 0.415. The summed E-state index contributed by atoms with van der Waals surface area (Å²) in [6.45, 7) is 1.97. The van der Waals surface area contributed by atoms with Gasteiger partial charge >= 0.3 is 0 Å². The average Bonchev–Trinajstić information content (AvgIpc) is 2.05. The second-order valence-electron chi connectivity index (χ2n) is 2.39. The number of benzene rings is 1. The molecule has 0 aliphatic rings. The molecular formula is C10H11ClO. The fourth-order valence-electron chi connectivity index (χ4n) is 0.979. The van der Waals surface area contributed by atoms with Gasteiger partial charge in [-0.15, -0.1) is 0 Å². The Hall–Kier alpha value is -0.950. The van der Waals surface area contributed by atoms with Crippen LogP contribution in [0.3, 0.4) is 0 Å². The monoisotopic (exact) mass is 182 g/mol. The molecule has 0 atom stereocenters. The summed E-state index contributed by atoms with van der Waals surface area (Å²) in [6, 6.07) is 5.70. The Morgan fingerprint density at radius 2 is 2.17 bits per heavy atom. The summed E-state index contributed by atoms with van der Waals surface area (Å²) >= 11 is 5.91. The minimum Gasteiger partial charge on any atom is -0.495 e. The van der Waals surface area contributed by atoms with Crippen molar-refractivity contribution in [2.75, 3.05) is 7.11 Å². The summed E-state index contributed by atoms with van der Waals surface area (Å²) in [5, 5.41) is 0.646. The molecule has 0 heterocycles. The molecule has 64 valence electrons. The highest BCUT2D eigenvalue weighted by Crippen LogP contribution is 2.25. The van der Waals surface area contributed by atoms with Crippen LogP contribution in [-0.2, 0) is 0 Å². The summed E-state index contributed by atoms with van der Waals surface area (Å²) in [7, 11) is 1.61. The second-order valence-corrected chi connectivity index (χ2v) is 2.80. The van der Waals surface area contributed by atoms with E-state index >= 15 is 0 Å². The number of allylic oxidation sites excluding steroid dienone is 1. The molecule has 2 heteroatoms. The van der Waals surface area contributed by atoms with Gasteiger partial charge in [0.2, 0.25) is 0 Å². The van der Waals surface area contributed by atoms with Crippen LogP contribution < -0.4 is 4.74 Å². The van der Waals surface area contributed by atoms with Gasteiger partial charge in [-0.3, -0.25) is 0 Å². The van der Waals surface area contributed by atoms with Crippen molar-refractivity contribution in [1.29, 1.82) is 0 Å². The zero-order valence-electron chi connectivity index (χ0n) is 7.17. The maximum Gasteiger partial charge on any atom is 0.137 e. The van der Waals surface area contributed by atoms with Crippen LogP contribution in [0.15, 0.2) is 24.3 Å². The highest BCUT2D eigenvalue weighted by Gasteiger charge is 1.98. The van der Waals surface area contributed by atoms with E-state index in [4.69, 9.17) is 16.3 Å². The molecule has 0 spiro atoms. The van der Waals surface area contributed by atoms with Crippen LogP contribution in [0.1, 0.15) is 12.5 Å². The molecule has 1 aromatic carbocycles. The molecule has 0 amide bonds.